The summed E-state index contributed by atoms with van der Waals surface area (Å²) in [4.78, 5) is 26.5. The van der Waals surface area contributed by atoms with Crippen LogP contribution in [0.2, 0.25) is 0 Å². The van der Waals surface area contributed by atoms with Gasteiger partial charge in [-0.1, -0.05) is 72.3 Å². The average molecular weight is 517 g/mol. The molecule has 2 N–H and O–H groups in total. The van der Waals surface area contributed by atoms with Crippen molar-refractivity contribution in [3.8, 4) is 0 Å². The van der Waals surface area contributed by atoms with E-state index in [1.54, 1.807) is 60.7 Å². The number of rotatable bonds is 12. The first-order valence-electron chi connectivity index (χ1n) is 10.9. The van der Waals surface area contributed by atoms with Gasteiger partial charge in [-0.25, -0.2) is 3.63 Å². The quantitative estimate of drug-likeness (QED) is 0.354. The van der Waals surface area contributed by atoms with Gasteiger partial charge < -0.3 is 10.2 Å². The zero-order chi connectivity index (χ0) is 25.5. The Bertz CT molecular complexity index is 1260. The summed E-state index contributed by atoms with van der Waals surface area (Å²) in [5.74, 6) is -1.47. The topological polar surface area (TPSA) is 118 Å². The molecule has 3 rings (SSSR count). The van der Waals surface area contributed by atoms with Crippen LogP contribution in [0.15, 0.2) is 83.8 Å². The van der Waals surface area contributed by atoms with E-state index in [1.165, 1.54) is 18.2 Å². The average Bonchev–Trinajstić information content (AvgIpc) is 2.84. The smallest absolute Gasteiger partial charge is 0.306 e. The first kappa shape index (κ1) is 26.8. The van der Waals surface area contributed by atoms with Gasteiger partial charge in [0.2, 0.25) is 0 Å². The Morgan fingerprint density at radius 1 is 0.771 bits per heavy atom. The molecule has 0 bridgehead atoms. The van der Waals surface area contributed by atoms with Gasteiger partial charge in [0.05, 0.1) is 23.9 Å². The van der Waals surface area contributed by atoms with Crippen LogP contribution in [0.3, 0.4) is 0 Å². The van der Waals surface area contributed by atoms with Crippen molar-refractivity contribution < 1.29 is 31.8 Å². The fourth-order valence-electron chi connectivity index (χ4n) is 3.59. The molecule has 0 saturated carbocycles. The number of hydrogen-bond donors (Lipinski definition) is 2. The number of ketones is 2. The number of carbonyl (C=O) groups is 2. The molecule has 186 valence electrons. The summed E-state index contributed by atoms with van der Waals surface area (Å²) in [5, 5.41) is 19.4. The van der Waals surface area contributed by atoms with E-state index in [1.807, 2.05) is 6.92 Å². The molecule has 0 aromatic heterocycles. The lowest BCUT2D eigenvalue weighted by molar-refractivity contribution is 0.0992. The lowest BCUT2D eigenvalue weighted by Gasteiger charge is -2.37. The fourth-order valence-corrected chi connectivity index (χ4v) is 8.42. The van der Waals surface area contributed by atoms with Crippen molar-refractivity contribution in [1.82, 2.24) is 0 Å². The number of carbonyl (C=O) groups excluding carboxylic acids is 2. The number of hydrogen-bond acceptors (Lipinski definition) is 7. The van der Waals surface area contributed by atoms with Crippen LogP contribution in [-0.2, 0) is 13.7 Å². The van der Waals surface area contributed by atoms with E-state index in [0.29, 0.717) is 5.56 Å². The van der Waals surface area contributed by atoms with Crippen molar-refractivity contribution in [3.05, 3.63) is 101 Å². The van der Waals surface area contributed by atoms with Crippen molar-refractivity contribution in [1.29, 1.82) is 0 Å². The van der Waals surface area contributed by atoms with E-state index < -0.39 is 39.4 Å². The van der Waals surface area contributed by atoms with Crippen LogP contribution in [-0.4, -0.2) is 60.7 Å². The van der Waals surface area contributed by atoms with Crippen molar-refractivity contribution in [2.75, 3.05) is 30.5 Å². The highest BCUT2D eigenvalue weighted by Crippen LogP contribution is 2.51. The Morgan fingerprint density at radius 3 is 1.89 bits per heavy atom. The molecule has 0 amide bonds. The largest absolute Gasteiger partial charge is 0.395 e. The zero-order valence-corrected chi connectivity index (χ0v) is 20.9. The highest BCUT2D eigenvalue weighted by molar-refractivity contribution is 8.33. The maximum atomic E-state index is 13.5. The second-order valence-electron chi connectivity index (χ2n) is 7.96. The molecule has 7 nitrogen and oxygen atoms in total. The minimum atomic E-state index is -4.28. The molecule has 0 fully saturated rings. The zero-order valence-electron chi connectivity index (χ0n) is 19.3. The third-order valence-corrected chi connectivity index (χ3v) is 10.7. The maximum absolute atomic E-state index is 13.5. The van der Waals surface area contributed by atoms with Gasteiger partial charge in [0, 0.05) is 28.2 Å². The Labute approximate surface area is 207 Å². The Hall–Kier alpha value is -2.82. The van der Waals surface area contributed by atoms with Gasteiger partial charge >= 0.3 is 10.1 Å². The molecule has 0 spiro atoms. The van der Waals surface area contributed by atoms with Gasteiger partial charge in [0.1, 0.15) is 0 Å². The molecule has 0 radical (unpaired) electrons. The van der Waals surface area contributed by atoms with E-state index >= 15 is 0 Å². The van der Waals surface area contributed by atoms with E-state index in [9.17, 15) is 28.2 Å². The highest BCUT2D eigenvalue weighted by Gasteiger charge is 2.35. The summed E-state index contributed by atoms with van der Waals surface area (Å²) in [6.07, 6.45) is 0. The SMILES string of the molecule is Cc1ccc(S(=O)(=O)OS(CCO)(CCO)CC(=O)c2ccccc2C(=O)c2ccccc2)cc1. The third-order valence-electron chi connectivity index (χ3n) is 5.37. The Kier molecular flexibility index (Phi) is 8.98. The molecule has 0 aliphatic rings. The molecule has 0 unspecified atom stereocenters. The van der Waals surface area contributed by atoms with Crippen LogP contribution >= 0.6 is 10.3 Å². The molecule has 0 atom stereocenters. The molecular weight excluding hydrogens is 488 g/mol. The number of aryl methyl sites for hydroxylation is 1. The predicted molar refractivity (Wildman–Crippen MR) is 136 cm³/mol. The molecule has 0 heterocycles. The summed E-state index contributed by atoms with van der Waals surface area (Å²) >= 11 is 0. The van der Waals surface area contributed by atoms with Crippen LogP contribution < -0.4 is 0 Å². The second kappa shape index (κ2) is 11.7. The van der Waals surface area contributed by atoms with Gasteiger partial charge in [-0.2, -0.15) is 8.42 Å². The predicted octanol–water partition coefficient (Wildman–Crippen LogP) is 3.52. The van der Waals surface area contributed by atoms with Gasteiger partial charge in [-0.15, -0.1) is 10.3 Å². The van der Waals surface area contributed by atoms with Crippen molar-refractivity contribution in [3.63, 3.8) is 0 Å². The van der Waals surface area contributed by atoms with Crippen molar-refractivity contribution in [2.24, 2.45) is 0 Å². The minimum absolute atomic E-state index is 0.0806. The fraction of sp³-hybridized carbons (Fsp3) is 0.231. The lowest BCUT2D eigenvalue weighted by Crippen LogP contribution is -2.28. The van der Waals surface area contributed by atoms with Crippen LogP contribution in [0.4, 0.5) is 0 Å². The van der Waals surface area contributed by atoms with Gasteiger partial charge in [-0.3, -0.25) is 9.59 Å². The third kappa shape index (κ3) is 6.65. The molecular formula is C26H28O7S2. The molecule has 0 aliphatic carbocycles. The second-order valence-corrected chi connectivity index (χ2v) is 12.9. The first-order chi connectivity index (χ1) is 16.7. The molecule has 9 heteroatoms. The van der Waals surface area contributed by atoms with E-state index in [-0.39, 0.29) is 39.1 Å². The van der Waals surface area contributed by atoms with Crippen LogP contribution in [0.5, 0.6) is 0 Å². The summed E-state index contributed by atoms with van der Waals surface area (Å²) in [6.45, 7) is 0.949. The summed E-state index contributed by atoms with van der Waals surface area (Å²) in [5.41, 5.74) is 1.59. The van der Waals surface area contributed by atoms with Gasteiger partial charge in [0.25, 0.3) is 0 Å². The number of Topliss-reactive ketones (excluding diaryl/α,β-unsaturated/α-hetero) is 1. The number of aliphatic hydroxyl groups excluding tert-OH is 2. The normalized spacial score (nSPS) is 12.3. The molecule has 3 aromatic carbocycles. The Balaban J connectivity index is 1.96. The summed E-state index contributed by atoms with van der Waals surface area (Å²) in [7, 11) is -7.10. The van der Waals surface area contributed by atoms with E-state index in [4.69, 9.17) is 3.63 Å². The van der Waals surface area contributed by atoms with Crippen LogP contribution in [0.1, 0.15) is 31.8 Å². The lowest BCUT2D eigenvalue weighted by atomic mass is 9.96. The first-order valence-corrected chi connectivity index (χ1v) is 14.4. The molecule has 3 aromatic rings. The summed E-state index contributed by atoms with van der Waals surface area (Å²) in [6, 6.07) is 20.9. The van der Waals surface area contributed by atoms with Gasteiger partial charge in [-0.05, 0) is 19.1 Å². The van der Waals surface area contributed by atoms with Crippen LogP contribution in [0, 0.1) is 6.92 Å². The highest BCUT2D eigenvalue weighted by atomic mass is 32.3. The molecule has 35 heavy (non-hydrogen) atoms. The minimum Gasteiger partial charge on any atom is -0.395 e. The van der Waals surface area contributed by atoms with Crippen LogP contribution in [0.25, 0.3) is 0 Å². The van der Waals surface area contributed by atoms with Gasteiger partial charge in [0.15, 0.2) is 11.6 Å². The monoisotopic (exact) mass is 516 g/mol. The maximum Gasteiger partial charge on any atom is 0.306 e. The van der Waals surface area contributed by atoms with E-state index in [2.05, 4.69) is 0 Å². The standard InChI is InChI=1S/C26H28O7S2/c1-20-11-13-22(14-12-20)35(31,32)33-34(17-15-27,18-16-28)19-25(29)23-9-5-6-10-24(23)26(30)21-7-3-2-4-8-21/h2-14,27-28H,15-19H2,1H3. The van der Waals surface area contributed by atoms with Crippen molar-refractivity contribution >= 4 is 32.0 Å². The number of aliphatic hydroxyl groups is 2. The Morgan fingerprint density at radius 2 is 1.31 bits per heavy atom. The number of benzene rings is 3. The molecule has 0 aliphatic heterocycles. The van der Waals surface area contributed by atoms with E-state index in [0.717, 1.165) is 5.56 Å². The summed E-state index contributed by atoms with van der Waals surface area (Å²) < 4.78 is 31.8. The van der Waals surface area contributed by atoms with Crippen molar-refractivity contribution in [2.45, 2.75) is 11.8 Å². The molecule has 0 saturated heterocycles.